The Morgan fingerprint density at radius 1 is 0.160 bits per heavy atom. The van der Waals surface area contributed by atoms with E-state index in [9.17, 15) is 0 Å². The molecule has 0 fully saturated rings. The molecular formula is C42H86O8. The summed E-state index contributed by atoms with van der Waals surface area (Å²) in [4.78, 5) is 0. The molecule has 0 aliphatic carbocycles. The molecule has 0 amide bonds. The molecule has 0 rings (SSSR count). The summed E-state index contributed by atoms with van der Waals surface area (Å²) in [6, 6.07) is 0. The molecule has 0 aromatic heterocycles. The highest BCUT2D eigenvalue weighted by Crippen LogP contribution is 2.13. The molecule has 0 saturated carbocycles. The minimum Gasteiger partial charge on any atom is -0.379 e. The second-order valence-electron chi connectivity index (χ2n) is 13.7. The summed E-state index contributed by atoms with van der Waals surface area (Å²) in [5, 5.41) is 0. The van der Waals surface area contributed by atoms with Crippen molar-refractivity contribution in [3.63, 3.8) is 0 Å². The van der Waals surface area contributed by atoms with Gasteiger partial charge in [-0.05, 0) is 12.8 Å². The quantitative estimate of drug-likeness (QED) is 0.0576. The third kappa shape index (κ3) is 47.7. The van der Waals surface area contributed by atoms with Gasteiger partial charge in [-0.2, -0.15) is 0 Å². The molecule has 0 heterocycles. The van der Waals surface area contributed by atoms with Gasteiger partial charge in [-0.25, -0.2) is 0 Å². The standard InChI is InChI=1S/C42H86O8/c1-3-5-7-9-11-13-15-16-17-18-20-22-24-26-28-44-30-32-46-34-36-48-38-40-50-42-41-49-39-37-47-35-33-45-31-29-43-27-25-23-21-19-14-12-10-8-6-4-2/h3-42H2,1-2H3. The van der Waals surface area contributed by atoms with Gasteiger partial charge in [0.2, 0.25) is 0 Å². The lowest BCUT2D eigenvalue weighted by molar-refractivity contribution is -0.0232. The zero-order chi connectivity index (χ0) is 35.9. The Hall–Kier alpha value is -0.320. The molecule has 0 bridgehead atoms. The number of hydrogen-bond donors (Lipinski definition) is 0. The largest absolute Gasteiger partial charge is 0.379 e. The molecule has 0 saturated heterocycles. The second-order valence-corrected chi connectivity index (χ2v) is 13.7. The van der Waals surface area contributed by atoms with Crippen LogP contribution in [0.1, 0.15) is 168 Å². The molecule has 8 nitrogen and oxygen atoms in total. The second kappa shape index (κ2) is 48.7. The molecule has 0 aliphatic rings. The van der Waals surface area contributed by atoms with E-state index >= 15 is 0 Å². The van der Waals surface area contributed by atoms with Crippen LogP contribution in [0.5, 0.6) is 0 Å². The van der Waals surface area contributed by atoms with Crippen molar-refractivity contribution in [3.8, 4) is 0 Å². The molecule has 0 unspecified atom stereocenters. The van der Waals surface area contributed by atoms with Crippen LogP contribution in [0.15, 0.2) is 0 Å². The Kier molecular flexibility index (Phi) is 48.4. The maximum absolute atomic E-state index is 5.69. The van der Waals surface area contributed by atoms with E-state index in [-0.39, 0.29) is 0 Å². The lowest BCUT2D eigenvalue weighted by atomic mass is 10.0. The topological polar surface area (TPSA) is 73.8 Å². The molecule has 0 radical (unpaired) electrons. The number of rotatable bonds is 47. The van der Waals surface area contributed by atoms with E-state index in [1.807, 2.05) is 0 Å². The first kappa shape index (κ1) is 49.7. The van der Waals surface area contributed by atoms with Gasteiger partial charge in [-0.3, -0.25) is 0 Å². The van der Waals surface area contributed by atoms with Gasteiger partial charge in [0.1, 0.15) is 0 Å². The van der Waals surface area contributed by atoms with Crippen LogP contribution < -0.4 is 0 Å². The molecule has 0 N–H and O–H groups in total. The Morgan fingerprint density at radius 3 is 0.480 bits per heavy atom. The zero-order valence-electron chi connectivity index (χ0n) is 33.6. The highest BCUT2D eigenvalue weighted by Gasteiger charge is 1.98. The van der Waals surface area contributed by atoms with Gasteiger partial charge >= 0.3 is 0 Å². The van der Waals surface area contributed by atoms with Crippen molar-refractivity contribution >= 4 is 0 Å². The van der Waals surface area contributed by atoms with Gasteiger partial charge in [-0.15, -0.1) is 0 Å². The van der Waals surface area contributed by atoms with Crippen molar-refractivity contribution in [2.24, 2.45) is 0 Å². The summed E-state index contributed by atoms with van der Waals surface area (Å²) in [5.74, 6) is 0. The molecule has 0 atom stereocenters. The van der Waals surface area contributed by atoms with Crippen molar-refractivity contribution in [2.75, 3.05) is 106 Å². The van der Waals surface area contributed by atoms with Crippen molar-refractivity contribution in [3.05, 3.63) is 0 Å². The van der Waals surface area contributed by atoms with E-state index in [0.29, 0.717) is 92.5 Å². The molecular weight excluding hydrogens is 632 g/mol. The number of unbranched alkanes of at least 4 members (excludes halogenated alkanes) is 22. The molecule has 8 heteroatoms. The predicted octanol–water partition coefficient (Wildman–Crippen LogP) is 10.5. The maximum atomic E-state index is 5.69. The minimum atomic E-state index is 0.554. The maximum Gasteiger partial charge on any atom is 0.0701 e. The average molecular weight is 719 g/mol. The minimum absolute atomic E-state index is 0.554. The third-order valence-electron chi connectivity index (χ3n) is 8.89. The van der Waals surface area contributed by atoms with Crippen LogP contribution in [0.2, 0.25) is 0 Å². The van der Waals surface area contributed by atoms with Crippen LogP contribution in [0, 0.1) is 0 Å². The van der Waals surface area contributed by atoms with Gasteiger partial charge in [0.15, 0.2) is 0 Å². The molecule has 50 heavy (non-hydrogen) atoms. The van der Waals surface area contributed by atoms with Crippen molar-refractivity contribution in [1.29, 1.82) is 0 Å². The Balaban J connectivity index is 3.04. The van der Waals surface area contributed by atoms with Gasteiger partial charge in [0, 0.05) is 13.2 Å². The van der Waals surface area contributed by atoms with E-state index < -0.39 is 0 Å². The summed E-state index contributed by atoms with van der Waals surface area (Å²) in [6.45, 7) is 14.5. The first-order chi connectivity index (χ1) is 24.9. The van der Waals surface area contributed by atoms with Gasteiger partial charge < -0.3 is 37.9 Å². The number of hydrogen-bond acceptors (Lipinski definition) is 8. The lowest BCUT2D eigenvalue weighted by Crippen LogP contribution is -2.15. The molecule has 0 spiro atoms. The van der Waals surface area contributed by atoms with Gasteiger partial charge in [0.25, 0.3) is 0 Å². The molecule has 0 aliphatic heterocycles. The summed E-state index contributed by atoms with van der Waals surface area (Å²) in [5.41, 5.74) is 0. The number of ether oxygens (including phenoxy) is 8. The first-order valence-corrected chi connectivity index (χ1v) is 21.5. The van der Waals surface area contributed by atoms with E-state index in [0.717, 1.165) is 26.1 Å². The summed E-state index contributed by atoms with van der Waals surface area (Å²) in [7, 11) is 0. The van der Waals surface area contributed by atoms with Crippen LogP contribution in [-0.2, 0) is 37.9 Å². The fourth-order valence-electron chi connectivity index (χ4n) is 5.73. The van der Waals surface area contributed by atoms with Crippen molar-refractivity contribution < 1.29 is 37.9 Å². The molecule has 0 aromatic rings. The Morgan fingerprint density at radius 2 is 0.300 bits per heavy atom. The molecule has 0 aromatic carbocycles. The van der Waals surface area contributed by atoms with Gasteiger partial charge in [0.05, 0.1) is 92.5 Å². The Bertz CT molecular complexity index is 520. The monoisotopic (exact) mass is 719 g/mol. The smallest absolute Gasteiger partial charge is 0.0701 e. The highest BCUT2D eigenvalue weighted by atomic mass is 16.6. The van der Waals surface area contributed by atoms with E-state index in [1.165, 1.54) is 141 Å². The first-order valence-electron chi connectivity index (χ1n) is 21.5. The molecule has 302 valence electrons. The van der Waals surface area contributed by atoms with Crippen LogP contribution in [0.25, 0.3) is 0 Å². The van der Waals surface area contributed by atoms with E-state index in [4.69, 9.17) is 37.9 Å². The SMILES string of the molecule is CCCCCCCCCCCCCCCCOCCOCCOCCOCCOCCOCCOCCOCCCCCCCCCCCC. The van der Waals surface area contributed by atoms with Crippen molar-refractivity contribution in [2.45, 2.75) is 168 Å². The summed E-state index contributed by atoms with van der Waals surface area (Å²) >= 11 is 0. The Labute approximate surface area is 311 Å². The fourth-order valence-corrected chi connectivity index (χ4v) is 5.73. The van der Waals surface area contributed by atoms with Crippen molar-refractivity contribution in [1.82, 2.24) is 0 Å². The fraction of sp³-hybridized carbons (Fsp3) is 1.00. The summed E-state index contributed by atoms with van der Waals surface area (Å²) in [6.07, 6.45) is 32.8. The highest BCUT2D eigenvalue weighted by molar-refractivity contribution is 4.50. The van der Waals surface area contributed by atoms with Crippen LogP contribution in [0.3, 0.4) is 0 Å². The third-order valence-corrected chi connectivity index (χ3v) is 8.89. The van der Waals surface area contributed by atoms with Crippen LogP contribution >= 0.6 is 0 Å². The normalized spacial score (nSPS) is 11.6. The summed E-state index contributed by atoms with van der Waals surface area (Å²) < 4.78 is 44.7. The van der Waals surface area contributed by atoms with Gasteiger partial charge in [-0.1, -0.05) is 155 Å². The van der Waals surface area contributed by atoms with Crippen LogP contribution in [0.4, 0.5) is 0 Å². The lowest BCUT2D eigenvalue weighted by Gasteiger charge is -2.09. The average Bonchev–Trinajstić information content (AvgIpc) is 3.13. The van der Waals surface area contributed by atoms with Crippen LogP contribution in [-0.4, -0.2) is 106 Å². The predicted molar refractivity (Wildman–Crippen MR) is 209 cm³/mol. The van der Waals surface area contributed by atoms with E-state index in [2.05, 4.69) is 13.8 Å². The van der Waals surface area contributed by atoms with E-state index in [1.54, 1.807) is 0 Å². The zero-order valence-corrected chi connectivity index (χ0v) is 33.6.